The molecule has 0 aromatic rings. The van der Waals surface area contributed by atoms with Gasteiger partial charge in [-0.05, 0) is 27.2 Å². The molecule has 0 fully saturated rings. The Morgan fingerprint density at radius 3 is 2.42 bits per heavy atom. The van der Waals surface area contributed by atoms with E-state index in [1.54, 1.807) is 0 Å². The molecule has 0 aliphatic heterocycles. The lowest BCUT2D eigenvalue weighted by atomic mass is 10.1. The molecule has 0 amide bonds. The molecule has 0 heterocycles. The van der Waals surface area contributed by atoms with Crippen LogP contribution in [0, 0.1) is 0 Å². The van der Waals surface area contributed by atoms with E-state index in [2.05, 4.69) is 11.9 Å². The van der Waals surface area contributed by atoms with Crippen LogP contribution < -0.4 is 5.73 Å². The Bertz CT molecular complexity index is 147. The van der Waals surface area contributed by atoms with Gasteiger partial charge in [0.1, 0.15) is 12.4 Å². The average Bonchev–Trinajstić information content (AvgIpc) is 1.84. The molecule has 72 valence electrons. The number of ether oxygens (including phenoxy) is 1. The molecule has 0 aliphatic carbocycles. The molecule has 0 rings (SSSR count). The maximum absolute atomic E-state index is 5.63. The van der Waals surface area contributed by atoms with Gasteiger partial charge in [0.15, 0.2) is 0 Å². The van der Waals surface area contributed by atoms with Gasteiger partial charge in [0.25, 0.3) is 0 Å². The molecule has 0 spiro atoms. The molecule has 0 aromatic carbocycles. The van der Waals surface area contributed by atoms with Gasteiger partial charge in [-0.25, -0.2) is 0 Å². The van der Waals surface area contributed by atoms with E-state index in [9.17, 15) is 0 Å². The topological polar surface area (TPSA) is 47.6 Å². The van der Waals surface area contributed by atoms with Crippen LogP contribution in [0.4, 0.5) is 0 Å². The number of amidine groups is 1. The molecular formula is C9H20N2O. The Hall–Kier alpha value is -0.570. The van der Waals surface area contributed by atoms with Crippen molar-refractivity contribution in [2.45, 2.75) is 39.7 Å². The Morgan fingerprint density at radius 2 is 2.00 bits per heavy atom. The standard InChI is InChI=1S/C9H20N2O/c1-5-6-12-7-8(10)11-9(2,3)4/h5-7H2,1-4H3,(H2,10,11). The minimum atomic E-state index is -0.0976. The number of nitrogens with two attached hydrogens (primary N) is 1. The van der Waals surface area contributed by atoms with Gasteiger partial charge >= 0.3 is 0 Å². The second-order valence-corrected chi connectivity index (χ2v) is 3.83. The maximum Gasteiger partial charge on any atom is 0.120 e. The minimum absolute atomic E-state index is 0.0976. The van der Waals surface area contributed by atoms with Crippen molar-refractivity contribution in [3.05, 3.63) is 0 Å². The monoisotopic (exact) mass is 172 g/mol. The summed E-state index contributed by atoms with van der Waals surface area (Å²) in [5, 5.41) is 0. The molecule has 3 nitrogen and oxygen atoms in total. The lowest BCUT2D eigenvalue weighted by molar-refractivity contribution is 0.171. The van der Waals surface area contributed by atoms with Gasteiger partial charge in [0.05, 0.1) is 5.54 Å². The second-order valence-electron chi connectivity index (χ2n) is 3.83. The maximum atomic E-state index is 5.63. The highest BCUT2D eigenvalue weighted by atomic mass is 16.5. The minimum Gasteiger partial charge on any atom is -0.386 e. The predicted octanol–water partition coefficient (Wildman–Crippen LogP) is 1.57. The molecular weight excluding hydrogens is 152 g/mol. The lowest BCUT2D eigenvalue weighted by Crippen LogP contribution is -2.24. The first-order valence-corrected chi connectivity index (χ1v) is 4.37. The first-order chi connectivity index (χ1) is 5.45. The zero-order valence-corrected chi connectivity index (χ0v) is 8.55. The first kappa shape index (κ1) is 11.4. The van der Waals surface area contributed by atoms with Crippen LogP contribution in [-0.2, 0) is 4.74 Å². The summed E-state index contributed by atoms with van der Waals surface area (Å²) in [5.41, 5.74) is 5.53. The van der Waals surface area contributed by atoms with Gasteiger partial charge in [-0.1, -0.05) is 6.92 Å². The average molecular weight is 172 g/mol. The van der Waals surface area contributed by atoms with Crippen LogP contribution in [0.1, 0.15) is 34.1 Å². The van der Waals surface area contributed by atoms with Crippen molar-refractivity contribution >= 4 is 5.84 Å². The summed E-state index contributed by atoms with van der Waals surface area (Å²) in [6, 6.07) is 0. The van der Waals surface area contributed by atoms with Crippen LogP contribution >= 0.6 is 0 Å². The number of nitrogens with zero attached hydrogens (tertiary/aromatic N) is 1. The van der Waals surface area contributed by atoms with E-state index < -0.39 is 0 Å². The molecule has 0 saturated carbocycles. The summed E-state index contributed by atoms with van der Waals surface area (Å²) < 4.78 is 5.23. The van der Waals surface area contributed by atoms with E-state index in [-0.39, 0.29) is 5.54 Å². The Labute approximate surface area is 75.0 Å². The first-order valence-electron chi connectivity index (χ1n) is 4.37. The van der Waals surface area contributed by atoms with Gasteiger partial charge < -0.3 is 10.5 Å². The third-order valence-corrected chi connectivity index (χ3v) is 1.08. The Balaban J connectivity index is 3.71. The smallest absolute Gasteiger partial charge is 0.120 e. The largest absolute Gasteiger partial charge is 0.386 e. The molecule has 12 heavy (non-hydrogen) atoms. The highest BCUT2D eigenvalue weighted by Crippen LogP contribution is 2.05. The van der Waals surface area contributed by atoms with Crippen LogP contribution in [0.3, 0.4) is 0 Å². The molecule has 0 unspecified atom stereocenters. The fraction of sp³-hybridized carbons (Fsp3) is 0.889. The van der Waals surface area contributed by atoms with E-state index in [1.807, 2.05) is 20.8 Å². The van der Waals surface area contributed by atoms with E-state index in [0.29, 0.717) is 12.4 Å². The van der Waals surface area contributed by atoms with E-state index >= 15 is 0 Å². The highest BCUT2D eigenvalue weighted by molar-refractivity contribution is 5.81. The molecule has 0 bridgehead atoms. The van der Waals surface area contributed by atoms with E-state index in [0.717, 1.165) is 13.0 Å². The fourth-order valence-corrected chi connectivity index (χ4v) is 0.784. The lowest BCUT2D eigenvalue weighted by Gasteiger charge is -2.13. The van der Waals surface area contributed by atoms with Crippen LogP contribution in [0.2, 0.25) is 0 Å². The number of rotatable bonds is 4. The number of hydrogen-bond donors (Lipinski definition) is 1. The molecule has 2 N–H and O–H groups in total. The van der Waals surface area contributed by atoms with Gasteiger partial charge in [-0.3, -0.25) is 4.99 Å². The quantitative estimate of drug-likeness (QED) is 0.397. The fourth-order valence-electron chi connectivity index (χ4n) is 0.784. The molecule has 3 heteroatoms. The van der Waals surface area contributed by atoms with Crippen LogP contribution in [-0.4, -0.2) is 24.6 Å². The van der Waals surface area contributed by atoms with Gasteiger partial charge in [0, 0.05) is 6.61 Å². The molecule has 0 radical (unpaired) electrons. The summed E-state index contributed by atoms with van der Waals surface area (Å²) in [5.74, 6) is 0.580. The van der Waals surface area contributed by atoms with Crippen molar-refractivity contribution in [3.63, 3.8) is 0 Å². The van der Waals surface area contributed by atoms with Crippen molar-refractivity contribution in [1.29, 1.82) is 0 Å². The second kappa shape index (κ2) is 5.14. The van der Waals surface area contributed by atoms with Crippen molar-refractivity contribution in [2.24, 2.45) is 10.7 Å². The van der Waals surface area contributed by atoms with Crippen molar-refractivity contribution < 1.29 is 4.74 Å². The van der Waals surface area contributed by atoms with Gasteiger partial charge in [0.2, 0.25) is 0 Å². The third kappa shape index (κ3) is 7.54. The predicted molar refractivity (Wildman–Crippen MR) is 52.5 cm³/mol. The third-order valence-electron chi connectivity index (χ3n) is 1.08. The number of hydrogen-bond acceptors (Lipinski definition) is 2. The van der Waals surface area contributed by atoms with Gasteiger partial charge in [-0.15, -0.1) is 0 Å². The summed E-state index contributed by atoms with van der Waals surface area (Å²) in [4.78, 5) is 4.25. The summed E-state index contributed by atoms with van der Waals surface area (Å²) in [6.45, 7) is 9.31. The molecule has 0 atom stereocenters. The Morgan fingerprint density at radius 1 is 1.42 bits per heavy atom. The van der Waals surface area contributed by atoms with Crippen LogP contribution in [0.5, 0.6) is 0 Å². The van der Waals surface area contributed by atoms with Crippen LogP contribution in [0.25, 0.3) is 0 Å². The summed E-state index contributed by atoms with van der Waals surface area (Å²) in [6.07, 6.45) is 1.02. The summed E-state index contributed by atoms with van der Waals surface area (Å²) in [7, 11) is 0. The van der Waals surface area contributed by atoms with E-state index in [4.69, 9.17) is 10.5 Å². The normalized spacial score (nSPS) is 13.5. The van der Waals surface area contributed by atoms with E-state index in [1.165, 1.54) is 0 Å². The van der Waals surface area contributed by atoms with Crippen molar-refractivity contribution in [2.75, 3.05) is 13.2 Å². The summed E-state index contributed by atoms with van der Waals surface area (Å²) >= 11 is 0. The van der Waals surface area contributed by atoms with Crippen molar-refractivity contribution in [3.8, 4) is 0 Å². The van der Waals surface area contributed by atoms with Gasteiger partial charge in [-0.2, -0.15) is 0 Å². The van der Waals surface area contributed by atoms with Crippen molar-refractivity contribution in [1.82, 2.24) is 0 Å². The number of aliphatic imine (C=N–C) groups is 1. The highest BCUT2D eigenvalue weighted by Gasteiger charge is 2.07. The zero-order chi connectivity index (χ0) is 9.61. The molecule has 0 saturated heterocycles. The van der Waals surface area contributed by atoms with Crippen LogP contribution in [0.15, 0.2) is 4.99 Å². The molecule has 0 aromatic heterocycles. The Kier molecular flexibility index (Phi) is 4.90. The SMILES string of the molecule is CCCOCC(N)=NC(C)(C)C. The molecule has 0 aliphatic rings. The zero-order valence-electron chi connectivity index (χ0n) is 8.55.